The lowest BCUT2D eigenvalue weighted by molar-refractivity contribution is -0.150. The molecule has 2 atom stereocenters. The summed E-state index contributed by atoms with van der Waals surface area (Å²) in [6.07, 6.45) is 4.35. The van der Waals surface area contributed by atoms with Gasteiger partial charge in [-0.15, -0.1) is 0 Å². The molecule has 126 valence electrons. The molecule has 0 saturated heterocycles. The highest BCUT2D eigenvalue weighted by Gasteiger charge is 2.23. The number of ether oxygens (including phenoxy) is 2. The maximum atomic E-state index is 13.3. The predicted octanol–water partition coefficient (Wildman–Crippen LogP) is 2.44. The zero-order valence-corrected chi connectivity index (χ0v) is 13.2. The first-order valence-corrected chi connectivity index (χ1v) is 7.88. The molecule has 5 nitrogen and oxygen atoms in total. The average molecular weight is 323 g/mol. The Labute approximate surface area is 135 Å². The summed E-state index contributed by atoms with van der Waals surface area (Å²) in [7, 11) is 0. The van der Waals surface area contributed by atoms with Crippen LogP contribution in [0.1, 0.15) is 32.6 Å². The van der Waals surface area contributed by atoms with Crippen LogP contribution in [0.3, 0.4) is 0 Å². The molecule has 23 heavy (non-hydrogen) atoms. The molecule has 1 aliphatic rings. The molecule has 1 N–H and O–H groups in total. The quantitative estimate of drug-likeness (QED) is 0.817. The molecule has 1 saturated carbocycles. The molecule has 0 aliphatic heterocycles. The molecular formula is C17H22FNO4. The number of carbonyl (C=O) groups is 2. The van der Waals surface area contributed by atoms with Crippen LogP contribution in [0.25, 0.3) is 0 Å². The largest absolute Gasteiger partial charge is 0.479 e. The standard InChI is InChI=1S/C17H22FNO4/c1-12-6-2-4-8-14(12)19-16(20)10-23-17(21)11-22-15-9-5-3-7-13(15)18/h3,5,7,9,12,14H,2,4,6,8,10-11H2,1H3,(H,19,20)/t12-,14-/m1/s1. The maximum Gasteiger partial charge on any atom is 0.344 e. The summed E-state index contributed by atoms with van der Waals surface area (Å²) in [5.74, 6) is -1.16. The van der Waals surface area contributed by atoms with Crippen molar-refractivity contribution in [3.8, 4) is 5.75 Å². The fraction of sp³-hybridized carbons (Fsp3) is 0.529. The van der Waals surface area contributed by atoms with Crippen LogP contribution in [0.4, 0.5) is 4.39 Å². The van der Waals surface area contributed by atoms with Gasteiger partial charge in [0.1, 0.15) is 0 Å². The second-order valence-corrected chi connectivity index (χ2v) is 5.82. The Bertz CT molecular complexity index is 549. The predicted molar refractivity (Wildman–Crippen MR) is 82.4 cm³/mol. The molecule has 1 fully saturated rings. The van der Waals surface area contributed by atoms with Crippen molar-refractivity contribution in [2.45, 2.75) is 38.6 Å². The van der Waals surface area contributed by atoms with Crippen molar-refractivity contribution in [2.75, 3.05) is 13.2 Å². The molecule has 6 heteroatoms. The Morgan fingerprint density at radius 1 is 1.22 bits per heavy atom. The van der Waals surface area contributed by atoms with Crippen molar-refractivity contribution < 1.29 is 23.5 Å². The van der Waals surface area contributed by atoms with Gasteiger partial charge in [-0.25, -0.2) is 9.18 Å². The number of amides is 1. The molecule has 0 radical (unpaired) electrons. The highest BCUT2D eigenvalue weighted by atomic mass is 19.1. The Morgan fingerprint density at radius 2 is 1.96 bits per heavy atom. The lowest BCUT2D eigenvalue weighted by atomic mass is 9.86. The van der Waals surface area contributed by atoms with Crippen LogP contribution in [-0.4, -0.2) is 31.1 Å². The molecule has 0 bridgehead atoms. The molecule has 1 amide bonds. The van der Waals surface area contributed by atoms with Crippen molar-refractivity contribution in [3.63, 3.8) is 0 Å². The first kappa shape index (κ1) is 17.2. The van der Waals surface area contributed by atoms with Crippen LogP contribution in [0.5, 0.6) is 5.75 Å². The molecule has 2 rings (SSSR count). The minimum absolute atomic E-state index is 0.0232. The SMILES string of the molecule is C[C@@H]1CCCC[C@H]1NC(=O)COC(=O)COc1ccccc1F. The van der Waals surface area contributed by atoms with Gasteiger partial charge in [-0.2, -0.15) is 0 Å². The van der Waals surface area contributed by atoms with E-state index in [0.717, 1.165) is 19.3 Å². The summed E-state index contributed by atoms with van der Waals surface area (Å²) in [6.45, 7) is 1.33. The van der Waals surface area contributed by atoms with E-state index in [-0.39, 0.29) is 24.3 Å². The molecule has 0 aromatic heterocycles. The van der Waals surface area contributed by atoms with Gasteiger partial charge in [0.2, 0.25) is 0 Å². The number of nitrogens with one attached hydrogen (secondary N) is 1. The minimum atomic E-state index is -0.708. The first-order valence-electron chi connectivity index (χ1n) is 7.88. The Kier molecular flexibility index (Phi) is 6.38. The number of hydrogen-bond acceptors (Lipinski definition) is 4. The zero-order chi connectivity index (χ0) is 16.7. The summed E-state index contributed by atoms with van der Waals surface area (Å²) in [4.78, 5) is 23.3. The van der Waals surface area contributed by atoms with Crippen molar-refractivity contribution in [3.05, 3.63) is 30.1 Å². The van der Waals surface area contributed by atoms with Crippen LogP contribution >= 0.6 is 0 Å². The van der Waals surface area contributed by atoms with E-state index in [0.29, 0.717) is 5.92 Å². The van der Waals surface area contributed by atoms with E-state index in [1.165, 1.54) is 24.6 Å². The minimum Gasteiger partial charge on any atom is -0.479 e. The first-order chi connectivity index (χ1) is 11.1. The van der Waals surface area contributed by atoms with Gasteiger partial charge in [-0.05, 0) is 30.9 Å². The molecule has 0 heterocycles. The fourth-order valence-electron chi connectivity index (χ4n) is 2.67. The van der Waals surface area contributed by atoms with Gasteiger partial charge < -0.3 is 14.8 Å². The van der Waals surface area contributed by atoms with Gasteiger partial charge in [0, 0.05) is 6.04 Å². The molecular weight excluding hydrogens is 301 g/mol. The lowest BCUT2D eigenvalue weighted by Gasteiger charge is -2.29. The number of rotatable bonds is 6. The monoisotopic (exact) mass is 323 g/mol. The van der Waals surface area contributed by atoms with Crippen molar-refractivity contribution in [2.24, 2.45) is 5.92 Å². The fourth-order valence-corrected chi connectivity index (χ4v) is 2.67. The highest BCUT2D eigenvalue weighted by Crippen LogP contribution is 2.23. The number of carbonyl (C=O) groups excluding carboxylic acids is 2. The summed E-state index contributed by atoms with van der Waals surface area (Å²) < 4.78 is 23.2. The second kappa shape index (κ2) is 8.50. The maximum absolute atomic E-state index is 13.3. The van der Waals surface area contributed by atoms with E-state index < -0.39 is 18.4 Å². The van der Waals surface area contributed by atoms with Crippen molar-refractivity contribution in [1.82, 2.24) is 5.32 Å². The average Bonchev–Trinajstić information content (AvgIpc) is 2.54. The number of esters is 1. The summed E-state index contributed by atoms with van der Waals surface area (Å²) in [5, 5.41) is 2.89. The van der Waals surface area contributed by atoms with Gasteiger partial charge in [-0.3, -0.25) is 4.79 Å². The number of benzene rings is 1. The van der Waals surface area contributed by atoms with E-state index >= 15 is 0 Å². The van der Waals surface area contributed by atoms with Gasteiger partial charge in [0.05, 0.1) is 0 Å². The molecule has 1 aromatic rings. The number of hydrogen-bond donors (Lipinski definition) is 1. The van der Waals surface area contributed by atoms with Gasteiger partial charge in [-0.1, -0.05) is 31.9 Å². The Balaban J connectivity index is 1.67. The van der Waals surface area contributed by atoms with Crippen LogP contribution in [0, 0.1) is 11.7 Å². The smallest absolute Gasteiger partial charge is 0.344 e. The van der Waals surface area contributed by atoms with Crippen LogP contribution in [-0.2, 0) is 14.3 Å². The van der Waals surface area contributed by atoms with Gasteiger partial charge >= 0.3 is 5.97 Å². The third kappa shape index (κ3) is 5.54. The summed E-state index contributed by atoms with van der Waals surface area (Å²) in [5.41, 5.74) is 0. The van der Waals surface area contributed by atoms with E-state index in [9.17, 15) is 14.0 Å². The highest BCUT2D eigenvalue weighted by molar-refractivity contribution is 5.81. The normalized spacial score (nSPS) is 20.6. The zero-order valence-electron chi connectivity index (χ0n) is 13.2. The van der Waals surface area contributed by atoms with Crippen LogP contribution < -0.4 is 10.1 Å². The van der Waals surface area contributed by atoms with E-state index in [1.54, 1.807) is 6.07 Å². The number of halogens is 1. The van der Waals surface area contributed by atoms with Crippen LogP contribution in [0.2, 0.25) is 0 Å². The molecule has 0 unspecified atom stereocenters. The summed E-state index contributed by atoms with van der Waals surface area (Å²) in [6, 6.07) is 5.92. The van der Waals surface area contributed by atoms with E-state index in [2.05, 4.69) is 12.2 Å². The number of para-hydroxylation sites is 1. The lowest BCUT2D eigenvalue weighted by Crippen LogP contribution is -2.43. The third-order valence-corrected chi connectivity index (χ3v) is 4.00. The summed E-state index contributed by atoms with van der Waals surface area (Å²) >= 11 is 0. The van der Waals surface area contributed by atoms with E-state index in [1.807, 2.05) is 0 Å². The van der Waals surface area contributed by atoms with Gasteiger partial charge in [0.25, 0.3) is 5.91 Å². The Hall–Kier alpha value is -2.11. The van der Waals surface area contributed by atoms with E-state index in [4.69, 9.17) is 9.47 Å². The van der Waals surface area contributed by atoms with Crippen molar-refractivity contribution in [1.29, 1.82) is 0 Å². The molecule has 1 aliphatic carbocycles. The van der Waals surface area contributed by atoms with Gasteiger partial charge in [0.15, 0.2) is 24.8 Å². The second-order valence-electron chi connectivity index (χ2n) is 5.82. The molecule has 0 spiro atoms. The van der Waals surface area contributed by atoms with Crippen LogP contribution in [0.15, 0.2) is 24.3 Å². The molecule has 1 aromatic carbocycles. The topological polar surface area (TPSA) is 64.6 Å². The Morgan fingerprint density at radius 3 is 2.70 bits per heavy atom. The van der Waals surface area contributed by atoms with Crippen molar-refractivity contribution >= 4 is 11.9 Å². The third-order valence-electron chi connectivity index (χ3n) is 4.00.